The second-order valence-electron chi connectivity index (χ2n) is 8.63. The molecule has 1 amide bonds. The zero-order valence-electron chi connectivity index (χ0n) is 20.5. The van der Waals surface area contributed by atoms with E-state index >= 15 is 0 Å². The number of benzene rings is 3. The van der Waals surface area contributed by atoms with Crippen LogP contribution in [0.4, 0.5) is 18.9 Å². The number of halogens is 3. The average molecular weight is 511 g/mol. The molecule has 1 atom stereocenters. The Hall–Kier alpha value is -4.27. The zero-order valence-corrected chi connectivity index (χ0v) is 20.5. The quantitative estimate of drug-likeness (QED) is 0.260. The molecule has 1 unspecified atom stereocenters. The number of nitrogens with zero attached hydrogens (tertiary/aromatic N) is 1. The number of ether oxygens (including phenoxy) is 2. The first kappa shape index (κ1) is 25.8. The Morgan fingerprint density at radius 2 is 1.59 bits per heavy atom. The van der Waals surface area contributed by atoms with Crippen LogP contribution in [0, 0.1) is 13.8 Å². The minimum absolute atomic E-state index is 0.126. The van der Waals surface area contributed by atoms with Crippen LogP contribution in [0.3, 0.4) is 0 Å². The monoisotopic (exact) mass is 511 g/mol. The first-order valence-corrected chi connectivity index (χ1v) is 11.3. The molecule has 1 N–H and O–H groups in total. The van der Waals surface area contributed by atoms with Gasteiger partial charge in [-0.1, -0.05) is 18.2 Å². The number of ketones is 1. The summed E-state index contributed by atoms with van der Waals surface area (Å²) in [4.78, 5) is 27.6. The van der Waals surface area contributed by atoms with E-state index in [4.69, 9.17) is 9.47 Å². The number of amides is 1. The van der Waals surface area contributed by atoms with Crippen LogP contribution in [0.1, 0.15) is 33.9 Å². The predicted molar refractivity (Wildman–Crippen MR) is 132 cm³/mol. The maximum atomic E-state index is 13.5. The molecule has 1 heterocycles. The summed E-state index contributed by atoms with van der Waals surface area (Å²) in [5.41, 5.74) is 0.642. The fourth-order valence-electron chi connectivity index (χ4n) is 4.44. The van der Waals surface area contributed by atoms with Crippen molar-refractivity contribution in [3.05, 3.63) is 94.1 Å². The Morgan fingerprint density at radius 3 is 2.19 bits per heavy atom. The highest BCUT2D eigenvalue weighted by molar-refractivity contribution is 6.51. The number of rotatable bonds is 5. The van der Waals surface area contributed by atoms with E-state index < -0.39 is 35.2 Å². The van der Waals surface area contributed by atoms with Crippen LogP contribution in [-0.2, 0) is 15.8 Å². The lowest BCUT2D eigenvalue weighted by Gasteiger charge is -2.26. The average Bonchev–Trinajstić information content (AvgIpc) is 3.14. The lowest BCUT2D eigenvalue weighted by atomic mass is 9.93. The molecule has 9 heteroatoms. The van der Waals surface area contributed by atoms with E-state index in [-0.39, 0.29) is 11.3 Å². The second kappa shape index (κ2) is 9.65. The van der Waals surface area contributed by atoms with Crippen molar-refractivity contribution in [2.75, 3.05) is 19.1 Å². The number of hydrogen-bond donors (Lipinski definition) is 1. The Balaban J connectivity index is 1.97. The van der Waals surface area contributed by atoms with Crippen LogP contribution in [0.2, 0.25) is 0 Å². The third kappa shape index (κ3) is 4.64. The van der Waals surface area contributed by atoms with Crippen LogP contribution in [0.15, 0.2) is 66.2 Å². The van der Waals surface area contributed by atoms with Gasteiger partial charge in [0, 0.05) is 11.3 Å². The van der Waals surface area contributed by atoms with Crippen LogP contribution >= 0.6 is 0 Å². The molecule has 0 radical (unpaired) electrons. The molecule has 0 bridgehead atoms. The van der Waals surface area contributed by atoms with Gasteiger partial charge in [-0.25, -0.2) is 0 Å². The van der Waals surface area contributed by atoms with Crippen molar-refractivity contribution < 1.29 is 37.3 Å². The molecule has 1 aliphatic heterocycles. The third-order valence-corrected chi connectivity index (χ3v) is 6.32. The molecule has 37 heavy (non-hydrogen) atoms. The zero-order chi connectivity index (χ0) is 27.1. The van der Waals surface area contributed by atoms with Gasteiger partial charge in [0.1, 0.15) is 17.3 Å². The van der Waals surface area contributed by atoms with Gasteiger partial charge >= 0.3 is 6.18 Å². The Bertz CT molecular complexity index is 1410. The smallest absolute Gasteiger partial charge is 0.416 e. The maximum absolute atomic E-state index is 13.5. The van der Waals surface area contributed by atoms with Gasteiger partial charge < -0.3 is 14.6 Å². The molecule has 192 valence electrons. The van der Waals surface area contributed by atoms with Crippen molar-refractivity contribution >= 4 is 23.1 Å². The van der Waals surface area contributed by atoms with Gasteiger partial charge in [-0.3, -0.25) is 14.5 Å². The number of methoxy groups -OCH3 is 2. The Labute approximate surface area is 211 Å². The van der Waals surface area contributed by atoms with E-state index in [9.17, 15) is 27.9 Å². The molecule has 0 aromatic heterocycles. The van der Waals surface area contributed by atoms with Gasteiger partial charge in [-0.2, -0.15) is 13.2 Å². The SMILES string of the molecule is COc1ccc(C2/C(=C(\O)c3cc(C)c(OC)cc3C)C(=O)C(=O)N2c2cccc(C(F)(F)F)c2)cc1. The second-order valence-corrected chi connectivity index (χ2v) is 8.63. The van der Waals surface area contributed by atoms with E-state index in [1.807, 2.05) is 0 Å². The van der Waals surface area contributed by atoms with E-state index in [0.29, 0.717) is 33.8 Å². The summed E-state index contributed by atoms with van der Waals surface area (Å²) < 4.78 is 50.9. The van der Waals surface area contributed by atoms with Gasteiger partial charge in [-0.15, -0.1) is 0 Å². The minimum Gasteiger partial charge on any atom is -0.507 e. The van der Waals surface area contributed by atoms with E-state index in [1.165, 1.54) is 26.4 Å². The van der Waals surface area contributed by atoms with E-state index in [1.54, 1.807) is 50.2 Å². The van der Waals surface area contributed by atoms with Crippen molar-refractivity contribution in [1.82, 2.24) is 0 Å². The first-order chi connectivity index (χ1) is 17.5. The number of carbonyl (C=O) groups is 2. The Morgan fingerprint density at radius 1 is 0.919 bits per heavy atom. The summed E-state index contributed by atoms with van der Waals surface area (Å²) in [5.74, 6) is -1.42. The summed E-state index contributed by atoms with van der Waals surface area (Å²) in [7, 11) is 2.98. The largest absolute Gasteiger partial charge is 0.507 e. The number of aliphatic hydroxyl groups is 1. The lowest BCUT2D eigenvalue weighted by molar-refractivity contribution is -0.137. The van der Waals surface area contributed by atoms with Crippen molar-refractivity contribution in [2.24, 2.45) is 0 Å². The van der Waals surface area contributed by atoms with Crippen LogP contribution in [0.25, 0.3) is 5.76 Å². The molecular weight excluding hydrogens is 487 g/mol. The summed E-state index contributed by atoms with van der Waals surface area (Å²) in [6.07, 6.45) is -4.66. The van der Waals surface area contributed by atoms with Crippen molar-refractivity contribution in [3.8, 4) is 11.5 Å². The number of aryl methyl sites for hydroxylation is 2. The molecule has 1 aliphatic rings. The minimum atomic E-state index is -4.66. The normalized spacial score (nSPS) is 17.3. The van der Waals surface area contributed by atoms with Gasteiger partial charge in [0.2, 0.25) is 0 Å². The van der Waals surface area contributed by atoms with E-state index in [0.717, 1.165) is 17.0 Å². The molecule has 0 aliphatic carbocycles. The van der Waals surface area contributed by atoms with Crippen molar-refractivity contribution in [2.45, 2.75) is 26.1 Å². The first-order valence-electron chi connectivity index (χ1n) is 11.3. The maximum Gasteiger partial charge on any atom is 0.416 e. The number of Topliss-reactive ketones (excluding diaryl/α,β-unsaturated/α-hetero) is 1. The highest BCUT2D eigenvalue weighted by Crippen LogP contribution is 2.44. The summed E-state index contributed by atoms with van der Waals surface area (Å²) >= 11 is 0. The fourth-order valence-corrected chi connectivity index (χ4v) is 4.44. The summed E-state index contributed by atoms with van der Waals surface area (Å²) in [6.45, 7) is 3.47. The van der Waals surface area contributed by atoms with E-state index in [2.05, 4.69) is 0 Å². The van der Waals surface area contributed by atoms with Crippen molar-refractivity contribution in [1.29, 1.82) is 0 Å². The van der Waals surface area contributed by atoms with Gasteiger partial charge in [-0.05, 0) is 73.0 Å². The van der Waals surface area contributed by atoms with Gasteiger partial charge in [0.15, 0.2) is 0 Å². The molecule has 1 saturated heterocycles. The topological polar surface area (TPSA) is 76.1 Å². The number of carbonyl (C=O) groups excluding carboxylic acids is 2. The summed E-state index contributed by atoms with van der Waals surface area (Å²) in [6, 6.07) is 12.7. The third-order valence-electron chi connectivity index (χ3n) is 6.32. The van der Waals surface area contributed by atoms with Crippen LogP contribution in [0.5, 0.6) is 11.5 Å². The molecule has 0 saturated carbocycles. The number of alkyl halides is 3. The predicted octanol–water partition coefficient (Wildman–Crippen LogP) is 5.97. The highest BCUT2D eigenvalue weighted by atomic mass is 19.4. The summed E-state index contributed by atoms with van der Waals surface area (Å²) in [5, 5.41) is 11.4. The molecule has 1 fully saturated rings. The standard InChI is InChI=1S/C28H24F3NO5/c1-15-13-22(37-4)16(2)12-21(15)25(33)23-24(17-8-10-20(36-3)11-9-17)32(27(35)26(23)34)19-7-5-6-18(14-19)28(29,30)31/h5-14,24,33H,1-4H3/b25-23+. The lowest BCUT2D eigenvalue weighted by Crippen LogP contribution is -2.29. The molecule has 4 rings (SSSR count). The Kier molecular flexibility index (Phi) is 6.73. The van der Waals surface area contributed by atoms with Crippen molar-refractivity contribution in [3.63, 3.8) is 0 Å². The molecule has 3 aromatic carbocycles. The van der Waals surface area contributed by atoms with Gasteiger partial charge in [0.05, 0.1) is 31.4 Å². The van der Waals surface area contributed by atoms with Gasteiger partial charge in [0.25, 0.3) is 11.7 Å². The molecular formula is C28H24F3NO5. The molecule has 3 aromatic rings. The van der Waals surface area contributed by atoms with Crippen LogP contribution in [-0.4, -0.2) is 31.0 Å². The number of aliphatic hydroxyl groups excluding tert-OH is 1. The number of hydrogen-bond acceptors (Lipinski definition) is 5. The molecule has 0 spiro atoms. The highest BCUT2D eigenvalue weighted by Gasteiger charge is 2.47. The fraction of sp³-hybridized carbons (Fsp3) is 0.214. The molecule has 6 nitrogen and oxygen atoms in total. The van der Waals surface area contributed by atoms with Crippen LogP contribution < -0.4 is 14.4 Å². The number of anilines is 1.